The summed E-state index contributed by atoms with van der Waals surface area (Å²) >= 11 is 1.61. The van der Waals surface area contributed by atoms with Gasteiger partial charge in [-0.05, 0) is 42.8 Å². The van der Waals surface area contributed by atoms with E-state index in [2.05, 4.69) is 58.3 Å². The standard InChI is InChI=1S/C25H32N4OS/c1-17(2)24-27-14-18(15-28-24)16-29-12-8-4-5-9-19(29)13-21-20-10-6-7-11-22(20)31-23(21)25(30)26-3/h6-7,10-11,14-15,17,19H,4-5,8-9,12-13,16H2,1-3H3,(H,26,30). The van der Waals surface area contributed by atoms with E-state index in [1.54, 1.807) is 18.4 Å². The molecule has 0 radical (unpaired) electrons. The lowest BCUT2D eigenvalue weighted by molar-refractivity contribution is 0.0965. The fraction of sp³-hybridized carbons (Fsp3) is 0.480. The molecule has 1 aliphatic rings. The van der Waals surface area contributed by atoms with Gasteiger partial charge in [0.2, 0.25) is 0 Å². The van der Waals surface area contributed by atoms with E-state index in [1.165, 1.54) is 34.9 Å². The van der Waals surface area contributed by atoms with E-state index in [-0.39, 0.29) is 5.91 Å². The molecule has 0 aliphatic carbocycles. The van der Waals surface area contributed by atoms with Crippen molar-refractivity contribution in [1.29, 1.82) is 0 Å². The molecule has 2 aromatic heterocycles. The third-order valence-electron chi connectivity index (χ3n) is 6.20. The van der Waals surface area contributed by atoms with Crippen LogP contribution in [0.4, 0.5) is 0 Å². The summed E-state index contributed by atoms with van der Waals surface area (Å²) in [6.07, 6.45) is 9.75. The van der Waals surface area contributed by atoms with Crippen LogP contribution in [0.2, 0.25) is 0 Å². The molecule has 0 spiro atoms. The van der Waals surface area contributed by atoms with Gasteiger partial charge in [0.25, 0.3) is 5.91 Å². The molecule has 1 amide bonds. The van der Waals surface area contributed by atoms with Crippen LogP contribution in [0.5, 0.6) is 0 Å². The first kappa shape index (κ1) is 21.9. The lowest BCUT2D eigenvalue weighted by Gasteiger charge is -2.30. The summed E-state index contributed by atoms with van der Waals surface area (Å²) in [6, 6.07) is 8.81. The van der Waals surface area contributed by atoms with E-state index in [0.29, 0.717) is 12.0 Å². The van der Waals surface area contributed by atoms with E-state index in [4.69, 9.17) is 0 Å². The Labute approximate surface area is 188 Å². The van der Waals surface area contributed by atoms with Crippen LogP contribution >= 0.6 is 11.3 Å². The van der Waals surface area contributed by atoms with Crippen molar-refractivity contribution in [3.8, 4) is 0 Å². The van der Waals surface area contributed by atoms with Crippen LogP contribution in [0.15, 0.2) is 36.7 Å². The zero-order chi connectivity index (χ0) is 21.8. The van der Waals surface area contributed by atoms with E-state index in [9.17, 15) is 4.79 Å². The maximum Gasteiger partial charge on any atom is 0.261 e. The number of likely N-dealkylation sites (tertiary alicyclic amines) is 1. The number of nitrogens with zero attached hydrogens (tertiary/aromatic N) is 3. The van der Waals surface area contributed by atoms with Crippen LogP contribution < -0.4 is 5.32 Å². The Hall–Kier alpha value is -2.31. The molecule has 1 aliphatic heterocycles. The zero-order valence-corrected chi connectivity index (χ0v) is 19.5. The molecule has 31 heavy (non-hydrogen) atoms. The van der Waals surface area contributed by atoms with E-state index in [1.807, 2.05) is 12.4 Å². The van der Waals surface area contributed by atoms with E-state index < -0.39 is 0 Å². The molecule has 1 atom stereocenters. The molecule has 0 saturated carbocycles. The number of amides is 1. The maximum atomic E-state index is 12.6. The van der Waals surface area contributed by atoms with Gasteiger partial charge in [-0.3, -0.25) is 9.69 Å². The van der Waals surface area contributed by atoms with Crippen LogP contribution in [0.25, 0.3) is 10.1 Å². The first-order valence-electron chi connectivity index (χ1n) is 11.3. The third-order valence-corrected chi connectivity index (χ3v) is 7.41. The smallest absolute Gasteiger partial charge is 0.261 e. The van der Waals surface area contributed by atoms with Gasteiger partial charge in [0, 0.05) is 48.2 Å². The quantitative estimate of drug-likeness (QED) is 0.580. The van der Waals surface area contributed by atoms with Crippen molar-refractivity contribution in [1.82, 2.24) is 20.2 Å². The summed E-state index contributed by atoms with van der Waals surface area (Å²) in [5.74, 6) is 1.26. The van der Waals surface area contributed by atoms with Crippen LogP contribution in [0, 0.1) is 0 Å². The Balaban J connectivity index is 1.61. The fourth-order valence-corrected chi connectivity index (χ4v) is 5.67. The SMILES string of the molecule is CNC(=O)c1sc2ccccc2c1CC1CCCCCN1Cc1cnc(C(C)C)nc1. The summed E-state index contributed by atoms with van der Waals surface area (Å²) < 4.78 is 1.19. The predicted molar refractivity (Wildman–Crippen MR) is 128 cm³/mol. The lowest BCUT2D eigenvalue weighted by Crippen LogP contribution is -2.36. The van der Waals surface area contributed by atoms with Gasteiger partial charge in [0.05, 0.1) is 4.88 Å². The lowest BCUT2D eigenvalue weighted by atomic mass is 9.97. The molecule has 1 fully saturated rings. The van der Waals surface area contributed by atoms with Crippen LogP contribution in [-0.4, -0.2) is 40.4 Å². The molecule has 1 N–H and O–H groups in total. The normalized spacial score (nSPS) is 17.7. The molecule has 1 unspecified atom stereocenters. The van der Waals surface area contributed by atoms with Crippen molar-refractivity contribution in [2.75, 3.05) is 13.6 Å². The molecular weight excluding hydrogens is 404 g/mol. The monoisotopic (exact) mass is 436 g/mol. The second kappa shape index (κ2) is 9.88. The molecule has 4 rings (SSSR count). The highest BCUT2D eigenvalue weighted by molar-refractivity contribution is 7.21. The zero-order valence-electron chi connectivity index (χ0n) is 18.7. The van der Waals surface area contributed by atoms with E-state index >= 15 is 0 Å². The first-order valence-corrected chi connectivity index (χ1v) is 12.2. The van der Waals surface area contributed by atoms with Crippen molar-refractivity contribution in [2.24, 2.45) is 0 Å². The number of carbonyl (C=O) groups excluding carboxylic acids is 1. The highest BCUT2D eigenvalue weighted by Crippen LogP contribution is 2.34. The molecular formula is C25H32N4OS. The molecule has 0 bridgehead atoms. The Morgan fingerprint density at radius 3 is 2.71 bits per heavy atom. The Kier molecular flexibility index (Phi) is 6.98. The first-order chi connectivity index (χ1) is 15.1. The highest BCUT2D eigenvalue weighted by atomic mass is 32.1. The predicted octanol–water partition coefficient (Wildman–Crippen LogP) is 5.16. The summed E-state index contributed by atoms with van der Waals surface area (Å²) in [6.45, 7) is 6.18. The van der Waals surface area contributed by atoms with Crippen LogP contribution in [0.1, 0.15) is 72.1 Å². The summed E-state index contributed by atoms with van der Waals surface area (Å²) in [5, 5.41) is 4.06. The van der Waals surface area contributed by atoms with Gasteiger partial charge in [-0.25, -0.2) is 9.97 Å². The minimum atomic E-state index is 0.0223. The van der Waals surface area contributed by atoms with Gasteiger partial charge in [-0.15, -0.1) is 11.3 Å². The number of benzene rings is 1. The highest BCUT2D eigenvalue weighted by Gasteiger charge is 2.26. The molecule has 1 aromatic carbocycles. The Bertz CT molecular complexity index is 1030. The van der Waals surface area contributed by atoms with Gasteiger partial charge in [-0.1, -0.05) is 44.9 Å². The number of hydrogen-bond acceptors (Lipinski definition) is 5. The molecule has 1 saturated heterocycles. The molecule has 3 aromatic rings. The number of thiophene rings is 1. The van der Waals surface area contributed by atoms with Gasteiger partial charge in [0.1, 0.15) is 5.82 Å². The number of fused-ring (bicyclic) bond motifs is 1. The third kappa shape index (κ3) is 4.96. The summed E-state index contributed by atoms with van der Waals surface area (Å²) in [4.78, 5) is 25.2. The molecule has 164 valence electrons. The number of hydrogen-bond donors (Lipinski definition) is 1. The van der Waals surface area contributed by atoms with Crippen molar-refractivity contribution in [2.45, 2.75) is 64.5 Å². The maximum absolute atomic E-state index is 12.6. The molecule has 5 nitrogen and oxygen atoms in total. The number of rotatable bonds is 6. The van der Waals surface area contributed by atoms with Gasteiger partial charge in [0.15, 0.2) is 0 Å². The van der Waals surface area contributed by atoms with Gasteiger partial charge >= 0.3 is 0 Å². The average Bonchev–Trinajstić information content (AvgIpc) is 3.00. The minimum absolute atomic E-state index is 0.0223. The van der Waals surface area contributed by atoms with Crippen molar-refractivity contribution in [3.05, 3.63) is 58.5 Å². The van der Waals surface area contributed by atoms with Crippen molar-refractivity contribution in [3.63, 3.8) is 0 Å². The van der Waals surface area contributed by atoms with Gasteiger partial charge in [-0.2, -0.15) is 0 Å². The Morgan fingerprint density at radius 2 is 1.97 bits per heavy atom. The number of nitrogens with one attached hydrogen (secondary N) is 1. The van der Waals surface area contributed by atoms with Gasteiger partial charge < -0.3 is 5.32 Å². The molecule has 6 heteroatoms. The minimum Gasteiger partial charge on any atom is -0.354 e. The second-order valence-corrected chi connectivity index (χ2v) is 9.82. The average molecular weight is 437 g/mol. The number of aromatic nitrogens is 2. The van der Waals surface area contributed by atoms with Crippen molar-refractivity contribution >= 4 is 27.3 Å². The van der Waals surface area contributed by atoms with Crippen LogP contribution in [-0.2, 0) is 13.0 Å². The molecule has 3 heterocycles. The topological polar surface area (TPSA) is 58.1 Å². The van der Waals surface area contributed by atoms with E-state index in [0.717, 1.165) is 42.2 Å². The fourth-order valence-electron chi connectivity index (χ4n) is 4.49. The largest absolute Gasteiger partial charge is 0.354 e. The summed E-state index contributed by atoms with van der Waals surface area (Å²) in [7, 11) is 1.72. The Morgan fingerprint density at radius 1 is 1.19 bits per heavy atom. The summed E-state index contributed by atoms with van der Waals surface area (Å²) in [5.41, 5.74) is 2.36. The van der Waals surface area contributed by atoms with Crippen molar-refractivity contribution < 1.29 is 4.79 Å². The second-order valence-electron chi connectivity index (χ2n) is 8.77. The number of carbonyl (C=O) groups is 1. The van der Waals surface area contributed by atoms with Crippen LogP contribution in [0.3, 0.4) is 0 Å².